The van der Waals surface area contributed by atoms with E-state index in [0.29, 0.717) is 5.56 Å². The largest absolute Gasteiger partial charge is 0.417 e. The van der Waals surface area contributed by atoms with Crippen LogP contribution in [0.1, 0.15) is 21.5 Å². The Morgan fingerprint density at radius 2 is 1.46 bits per heavy atom. The molecule has 3 rings (SSSR count). The second kappa shape index (κ2) is 7.92. The van der Waals surface area contributed by atoms with Crippen molar-refractivity contribution in [1.29, 1.82) is 0 Å². The summed E-state index contributed by atoms with van der Waals surface area (Å²) < 4.78 is 65.8. The van der Waals surface area contributed by atoms with Crippen molar-refractivity contribution in [2.24, 2.45) is 0 Å². The van der Waals surface area contributed by atoms with Crippen molar-refractivity contribution in [1.82, 2.24) is 9.21 Å². The van der Waals surface area contributed by atoms with Crippen LogP contribution in [0.15, 0.2) is 54.6 Å². The standard InChI is InChI=1S/C19H19F3N2O3S/c20-19(21,22)17-9-5-4-8-16(17)18(25)23-10-12-24(13-11-23)28(26,27)14-15-6-2-1-3-7-15/h1-9H,10-14H2. The number of hydrogen-bond donors (Lipinski definition) is 0. The summed E-state index contributed by atoms with van der Waals surface area (Å²) in [5.41, 5.74) is -0.755. The van der Waals surface area contributed by atoms with Gasteiger partial charge in [0.25, 0.3) is 5.91 Å². The van der Waals surface area contributed by atoms with E-state index in [-0.39, 0.29) is 31.9 Å². The molecule has 1 amide bonds. The molecule has 2 aromatic rings. The van der Waals surface area contributed by atoms with Crippen molar-refractivity contribution in [3.8, 4) is 0 Å². The molecule has 150 valence electrons. The van der Waals surface area contributed by atoms with Crippen LogP contribution >= 0.6 is 0 Å². The minimum Gasteiger partial charge on any atom is -0.336 e. The molecule has 0 bridgehead atoms. The molecule has 0 radical (unpaired) electrons. The zero-order chi connectivity index (χ0) is 20.4. The molecule has 0 spiro atoms. The Kier molecular flexibility index (Phi) is 5.76. The molecular weight excluding hydrogens is 393 g/mol. The summed E-state index contributed by atoms with van der Waals surface area (Å²) in [5.74, 6) is -0.897. The van der Waals surface area contributed by atoms with Crippen LogP contribution in [0.2, 0.25) is 0 Å². The van der Waals surface area contributed by atoms with Gasteiger partial charge < -0.3 is 4.90 Å². The molecule has 2 aromatic carbocycles. The molecule has 1 heterocycles. The predicted octanol–water partition coefficient (Wildman–Crippen LogP) is 2.99. The van der Waals surface area contributed by atoms with E-state index < -0.39 is 33.2 Å². The summed E-state index contributed by atoms with van der Waals surface area (Å²) in [6.07, 6.45) is -4.63. The lowest BCUT2D eigenvalue weighted by Crippen LogP contribution is -2.51. The minimum atomic E-state index is -4.63. The van der Waals surface area contributed by atoms with Gasteiger partial charge in [-0.1, -0.05) is 42.5 Å². The molecule has 0 N–H and O–H groups in total. The number of carbonyl (C=O) groups is 1. The summed E-state index contributed by atoms with van der Waals surface area (Å²) in [6.45, 7) is 0.183. The van der Waals surface area contributed by atoms with Crippen LogP contribution < -0.4 is 0 Å². The van der Waals surface area contributed by atoms with Crippen LogP contribution in [0.5, 0.6) is 0 Å². The summed E-state index contributed by atoms with van der Waals surface area (Å²) in [7, 11) is -3.57. The Balaban J connectivity index is 1.68. The Bertz CT molecular complexity index is 938. The van der Waals surface area contributed by atoms with Crippen LogP contribution in [-0.4, -0.2) is 49.7 Å². The third-order valence-electron chi connectivity index (χ3n) is 4.57. The van der Waals surface area contributed by atoms with E-state index in [4.69, 9.17) is 0 Å². The molecule has 1 saturated heterocycles. The fourth-order valence-electron chi connectivity index (χ4n) is 3.13. The zero-order valence-electron chi connectivity index (χ0n) is 14.9. The molecular formula is C19H19F3N2O3S. The summed E-state index contributed by atoms with van der Waals surface area (Å²) in [4.78, 5) is 13.8. The smallest absolute Gasteiger partial charge is 0.336 e. The molecule has 1 aliphatic heterocycles. The van der Waals surface area contributed by atoms with Gasteiger partial charge >= 0.3 is 6.18 Å². The Hall–Kier alpha value is -2.39. The Morgan fingerprint density at radius 3 is 2.07 bits per heavy atom. The number of hydrogen-bond acceptors (Lipinski definition) is 3. The van der Waals surface area contributed by atoms with Crippen molar-refractivity contribution in [3.05, 3.63) is 71.3 Å². The average Bonchev–Trinajstić information content (AvgIpc) is 2.67. The maximum absolute atomic E-state index is 13.1. The summed E-state index contributed by atoms with van der Waals surface area (Å²) in [6, 6.07) is 13.3. The summed E-state index contributed by atoms with van der Waals surface area (Å²) >= 11 is 0. The quantitative estimate of drug-likeness (QED) is 0.776. The molecule has 0 unspecified atom stereocenters. The van der Waals surface area contributed by atoms with E-state index in [2.05, 4.69) is 0 Å². The number of nitrogens with zero attached hydrogens (tertiary/aromatic N) is 2. The fraction of sp³-hybridized carbons (Fsp3) is 0.316. The Labute approximate surface area is 161 Å². The average molecular weight is 412 g/mol. The second-order valence-corrected chi connectivity index (χ2v) is 8.45. The van der Waals surface area contributed by atoms with E-state index in [9.17, 15) is 26.4 Å². The number of alkyl halides is 3. The topological polar surface area (TPSA) is 57.7 Å². The SMILES string of the molecule is O=C(c1ccccc1C(F)(F)F)N1CCN(S(=O)(=O)Cc2ccccc2)CC1. The highest BCUT2D eigenvalue weighted by atomic mass is 32.2. The van der Waals surface area contributed by atoms with Gasteiger partial charge in [-0.2, -0.15) is 17.5 Å². The lowest BCUT2D eigenvalue weighted by molar-refractivity contribution is -0.138. The van der Waals surface area contributed by atoms with E-state index in [1.54, 1.807) is 30.3 Å². The molecule has 0 atom stereocenters. The first-order chi connectivity index (χ1) is 13.2. The number of benzene rings is 2. The first-order valence-corrected chi connectivity index (χ1v) is 10.3. The van der Waals surface area contributed by atoms with Crippen molar-refractivity contribution in [3.63, 3.8) is 0 Å². The number of sulfonamides is 1. The van der Waals surface area contributed by atoms with Crippen LogP contribution in [0.4, 0.5) is 13.2 Å². The van der Waals surface area contributed by atoms with Gasteiger partial charge in [0, 0.05) is 26.2 Å². The van der Waals surface area contributed by atoms with Gasteiger partial charge in [-0.3, -0.25) is 4.79 Å². The molecule has 28 heavy (non-hydrogen) atoms. The third kappa shape index (κ3) is 4.53. The van der Waals surface area contributed by atoms with Crippen LogP contribution in [0, 0.1) is 0 Å². The van der Waals surface area contributed by atoms with Crippen LogP contribution in [0.3, 0.4) is 0 Å². The molecule has 9 heteroatoms. The molecule has 0 saturated carbocycles. The fourth-order valence-corrected chi connectivity index (χ4v) is 4.65. The van der Waals surface area contributed by atoms with Gasteiger partial charge in [0.15, 0.2) is 0 Å². The minimum absolute atomic E-state index is 0.0407. The number of amides is 1. The first kappa shape index (κ1) is 20.3. The van der Waals surface area contributed by atoms with Gasteiger partial charge in [-0.25, -0.2) is 8.42 Å². The van der Waals surface area contributed by atoms with Gasteiger partial charge in [-0.15, -0.1) is 0 Å². The van der Waals surface area contributed by atoms with Crippen molar-refractivity contribution >= 4 is 15.9 Å². The van der Waals surface area contributed by atoms with Crippen molar-refractivity contribution < 1.29 is 26.4 Å². The van der Waals surface area contributed by atoms with E-state index in [0.717, 1.165) is 12.1 Å². The van der Waals surface area contributed by atoms with Gasteiger partial charge in [-0.05, 0) is 17.7 Å². The van der Waals surface area contributed by atoms with Crippen LogP contribution in [0.25, 0.3) is 0 Å². The number of piperazine rings is 1. The first-order valence-electron chi connectivity index (χ1n) is 8.66. The van der Waals surface area contributed by atoms with Gasteiger partial charge in [0.05, 0.1) is 16.9 Å². The normalized spacial score (nSPS) is 16.2. The molecule has 0 aromatic heterocycles. The molecule has 0 aliphatic carbocycles. The van der Waals surface area contributed by atoms with E-state index in [1.807, 2.05) is 0 Å². The van der Waals surface area contributed by atoms with Gasteiger partial charge in [0.2, 0.25) is 10.0 Å². The van der Waals surface area contributed by atoms with Crippen LogP contribution in [-0.2, 0) is 22.0 Å². The highest BCUT2D eigenvalue weighted by Gasteiger charge is 2.37. The number of halogens is 3. The Morgan fingerprint density at radius 1 is 0.893 bits per heavy atom. The lowest BCUT2D eigenvalue weighted by Gasteiger charge is -2.34. The summed E-state index contributed by atoms with van der Waals surface area (Å²) in [5, 5.41) is 0. The monoisotopic (exact) mass is 412 g/mol. The van der Waals surface area contributed by atoms with Crippen molar-refractivity contribution in [2.45, 2.75) is 11.9 Å². The zero-order valence-corrected chi connectivity index (χ0v) is 15.7. The maximum atomic E-state index is 13.1. The van der Waals surface area contributed by atoms with Gasteiger partial charge in [0.1, 0.15) is 0 Å². The second-order valence-electron chi connectivity index (χ2n) is 6.48. The highest BCUT2D eigenvalue weighted by molar-refractivity contribution is 7.88. The molecule has 1 aliphatic rings. The lowest BCUT2D eigenvalue weighted by atomic mass is 10.1. The number of rotatable bonds is 4. The van der Waals surface area contributed by atoms with E-state index >= 15 is 0 Å². The molecule has 1 fully saturated rings. The van der Waals surface area contributed by atoms with Crippen molar-refractivity contribution in [2.75, 3.05) is 26.2 Å². The number of carbonyl (C=O) groups excluding carboxylic acids is 1. The third-order valence-corrected chi connectivity index (χ3v) is 6.42. The highest BCUT2D eigenvalue weighted by Crippen LogP contribution is 2.32. The predicted molar refractivity (Wildman–Crippen MR) is 98.0 cm³/mol. The van der Waals surface area contributed by atoms with E-state index in [1.165, 1.54) is 21.3 Å². The molecule has 5 nitrogen and oxygen atoms in total. The maximum Gasteiger partial charge on any atom is 0.417 e.